The minimum Gasteiger partial charge on any atom is -0.341 e. The highest BCUT2D eigenvalue weighted by molar-refractivity contribution is 5.85. The second kappa shape index (κ2) is 8.07. The summed E-state index contributed by atoms with van der Waals surface area (Å²) in [5, 5.41) is 7.54. The van der Waals surface area contributed by atoms with Crippen molar-refractivity contribution < 1.29 is 4.52 Å². The van der Waals surface area contributed by atoms with Gasteiger partial charge in [-0.05, 0) is 32.4 Å². The molecule has 2 aromatic heterocycles. The zero-order valence-corrected chi connectivity index (χ0v) is 15.2. The molecule has 4 rings (SSSR count). The fourth-order valence-electron chi connectivity index (χ4n) is 3.28. The summed E-state index contributed by atoms with van der Waals surface area (Å²) in [5.41, 5.74) is 0.691. The van der Waals surface area contributed by atoms with Gasteiger partial charge in [0.15, 0.2) is 5.82 Å². The molecule has 2 saturated heterocycles. The first-order chi connectivity index (χ1) is 11.8. The average molecular weight is 366 g/mol. The van der Waals surface area contributed by atoms with E-state index < -0.39 is 0 Å². The van der Waals surface area contributed by atoms with Crippen LogP contribution < -0.4 is 10.2 Å². The van der Waals surface area contributed by atoms with Crippen LogP contribution in [-0.2, 0) is 0 Å². The van der Waals surface area contributed by atoms with Crippen LogP contribution in [0.2, 0.25) is 0 Å². The first kappa shape index (κ1) is 18.0. The van der Waals surface area contributed by atoms with E-state index in [0.29, 0.717) is 17.4 Å². The molecule has 0 aliphatic carbocycles. The lowest BCUT2D eigenvalue weighted by Crippen LogP contribution is -2.44. The molecule has 2 fully saturated rings. The van der Waals surface area contributed by atoms with Crippen LogP contribution in [0, 0.1) is 0 Å². The summed E-state index contributed by atoms with van der Waals surface area (Å²) in [6.45, 7) is 4.82. The van der Waals surface area contributed by atoms with Gasteiger partial charge >= 0.3 is 0 Å². The van der Waals surface area contributed by atoms with E-state index >= 15 is 0 Å². The topological polar surface area (TPSA) is 83.2 Å². The predicted octanol–water partition coefficient (Wildman–Crippen LogP) is 1.51. The second-order valence-corrected chi connectivity index (χ2v) is 6.45. The van der Waals surface area contributed by atoms with Crippen molar-refractivity contribution in [2.24, 2.45) is 0 Å². The van der Waals surface area contributed by atoms with E-state index in [-0.39, 0.29) is 18.4 Å². The largest absolute Gasteiger partial charge is 0.341 e. The molecule has 25 heavy (non-hydrogen) atoms. The van der Waals surface area contributed by atoms with Crippen molar-refractivity contribution >= 4 is 18.4 Å². The van der Waals surface area contributed by atoms with E-state index in [1.54, 1.807) is 6.20 Å². The summed E-state index contributed by atoms with van der Waals surface area (Å²) in [7, 11) is 2.08. The van der Waals surface area contributed by atoms with Crippen molar-refractivity contribution in [2.45, 2.75) is 25.3 Å². The highest BCUT2D eigenvalue weighted by atomic mass is 35.5. The molecule has 0 spiro atoms. The Balaban J connectivity index is 0.00000182. The van der Waals surface area contributed by atoms with Gasteiger partial charge in [0.25, 0.3) is 5.89 Å². The quantitative estimate of drug-likeness (QED) is 0.876. The van der Waals surface area contributed by atoms with Gasteiger partial charge in [0.1, 0.15) is 5.69 Å². The maximum atomic E-state index is 5.47. The van der Waals surface area contributed by atoms with Gasteiger partial charge in [0.2, 0.25) is 5.95 Å². The lowest BCUT2D eigenvalue weighted by molar-refractivity contribution is 0.190. The molecule has 2 aromatic rings. The Morgan fingerprint density at radius 1 is 1.16 bits per heavy atom. The number of anilines is 1. The van der Waals surface area contributed by atoms with Gasteiger partial charge in [-0.3, -0.25) is 4.90 Å². The van der Waals surface area contributed by atoms with E-state index in [2.05, 4.69) is 42.3 Å². The lowest BCUT2D eigenvalue weighted by Gasteiger charge is -2.30. The molecular formula is C16H24ClN7O. The minimum absolute atomic E-state index is 0. The van der Waals surface area contributed by atoms with Gasteiger partial charge in [-0.15, -0.1) is 12.4 Å². The van der Waals surface area contributed by atoms with Crippen LogP contribution in [-0.4, -0.2) is 64.8 Å². The van der Waals surface area contributed by atoms with Crippen molar-refractivity contribution in [3.05, 3.63) is 18.1 Å². The Morgan fingerprint density at radius 3 is 2.80 bits per heavy atom. The molecule has 2 aliphatic rings. The van der Waals surface area contributed by atoms with Crippen LogP contribution in [0.4, 0.5) is 5.95 Å². The van der Waals surface area contributed by atoms with Gasteiger partial charge in [-0.1, -0.05) is 5.16 Å². The molecule has 0 radical (unpaired) electrons. The van der Waals surface area contributed by atoms with Crippen molar-refractivity contribution in [1.82, 2.24) is 30.3 Å². The number of hydrogen-bond donors (Lipinski definition) is 1. The molecule has 8 nitrogen and oxygen atoms in total. The molecule has 0 amide bonds. The Labute approximate surface area is 153 Å². The lowest BCUT2D eigenvalue weighted by atomic mass is 10.1. The normalized spacial score (nSPS) is 21.8. The number of nitrogens with zero attached hydrogens (tertiary/aromatic N) is 6. The van der Waals surface area contributed by atoms with Crippen LogP contribution in [0.15, 0.2) is 16.8 Å². The van der Waals surface area contributed by atoms with Crippen LogP contribution in [0.25, 0.3) is 11.6 Å². The number of piperidine rings is 1. The van der Waals surface area contributed by atoms with Crippen LogP contribution in [0.1, 0.15) is 31.1 Å². The van der Waals surface area contributed by atoms with Gasteiger partial charge in [0.05, 0.1) is 6.04 Å². The summed E-state index contributed by atoms with van der Waals surface area (Å²) < 4.78 is 5.47. The summed E-state index contributed by atoms with van der Waals surface area (Å²) in [6.07, 6.45) is 5.44. The van der Waals surface area contributed by atoms with Gasteiger partial charge < -0.3 is 14.7 Å². The van der Waals surface area contributed by atoms with E-state index in [4.69, 9.17) is 4.52 Å². The Hall–Kier alpha value is -1.77. The SMILES string of the molecule is CN1CCNCC1c1noc(-c2ccnc(N3CCCCC3)n2)n1.Cl. The monoisotopic (exact) mass is 365 g/mol. The number of piperazine rings is 1. The van der Waals surface area contributed by atoms with Crippen LogP contribution in [0.5, 0.6) is 0 Å². The predicted molar refractivity (Wildman–Crippen MR) is 96.9 cm³/mol. The Bertz CT molecular complexity index is 689. The molecular weight excluding hydrogens is 342 g/mol. The third kappa shape index (κ3) is 3.91. The zero-order valence-electron chi connectivity index (χ0n) is 14.4. The van der Waals surface area contributed by atoms with E-state index in [0.717, 1.165) is 38.7 Å². The molecule has 2 aliphatic heterocycles. The summed E-state index contributed by atoms with van der Waals surface area (Å²) in [5.74, 6) is 1.92. The maximum absolute atomic E-state index is 5.47. The smallest absolute Gasteiger partial charge is 0.276 e. The van der Waals surface area contributed by atoms with Gasteiger partial charge in [0, 0.05) is 38.9 Å². The van der Waals surface area contributed by atoms with E-state index in [9.17, 15) is 0 Å². The molecule has 1 atom stereocenters. The molecule has 4 heterocycles. The van der Waals surface area contributed by atoms with Crippen molar-refractivity contribution in [3.63, 3.8) is 0 Å². The van der Waals surface area contributed by atoms with Crippen molar-refractivity contribution in [3.8, 4) is 11.6 Å². The van der Waals surface area contributed by atoms with Crippen LogP contribution >= 0.6 is 12.4 Å². The van der Waals surface area contributed by atoms with Crippen LogP contribution in [0.3, 0.4) is 0 Å². The molecule has 1 N–H and O–H groups in total. The van der Waals surface area contributed by atoms with Crippen molar-refractivity contribution in [1.29, 1.82) is 0 Å². The summed E-state index contributed by atoms with van der Waals surface area (Å²) >= 11 is 0. The minimum atomic E-state index is 0. The molecule has 136 valence electrons. The van der Waals surface area contributed by atoms with Gasteiger partial charge in [-0.25, -0.2) is 9.97 Å². The first-order valence-corrected chi connectivity index (χ1v) is 8.64. The average Bonchev–Trinajstić information content (AvgIpc) is 3.13. The highest BCUT2D eigenvalue weighted by Gasteiger charge is 2.26. The molecule has 0 bridgehead atoms. The fraction of sp³-hybridized carbons (Fsp3) is 0.625. The summed E-state index contributed by atoms with van der Waals surface area (Å²) in [6, 6.07) is 1.97. The number of nitrogens with one attached hydrogen (secondary N) is 1. The standard InChI is InChI=1S/C16H23N7O.ClH/c1-22-10-7-17-11-13(22)14-20-15(24-21-14)12-5-6-18-16(19-12)23-8-3-2-4-9-23;/h5-6,13,17H,2-4,7-11H2,1H3;1H. The molecule has 0 aromatic carbocycles. The fourth-order valence-corrected chi connectivity index (χ4v) is 3.28. The third-order valence-electron chi connectivity index (χ3n) is 4.75. The molecule has 1 unspecified atom stereocenters. The maximum Gasteiger partial charge on any atom is 0.276 e. The van der Waals surface area contributed by atoms with Crippen molar-refractivity contribution in [2.75, 3.05) is 44.7 Å². The highest BCUT2D eigenvalue weighted by Crippen LogP contribution is 2.23. The Kier molecular flexibility index (Phi) is 5.82. The Morgan fingerprint density at radius 2 is 2.00 bits per heavy atom. The van der Waals surface area contributed by atoms with E-state index in [1.165, 1.54) is 19.3 Å². The number of halogens is 1. The number of hydrogen-bond acceptors (Lipinski definition) is 8. The summed E-state index contributed by atoms with van der Waals surface area (Å²) in [4.78, 5) is 18.1. The number of rotatable bonds is 3. The first-order valence-electron chi connectivity index (χ1n) is 8.64. The number of aromatic nitrogens is 4. The van der Waals surface area contributed by atoms with Gasteiger partial charge in [-0.2, -0.15) is 4.98 Å². The zero-order chi connectivity index (χ0) is 16.4. The molecule has 9 heteroatoms. The third-order valence-corrected chi connectivity index (χ3v) is 4.75. The second-order valence-electron chi connectivity index (χ2n) is 6.45. The molecule has 0 saturated carbocycles. The number of likely N-dealkylation sites (N-methyl/N-ethyl adjacent to an activating group) is 1. The van der Waals surface area contributed by atoms with E-state index in [1.807, 2.05) is 6.07 Å².